The van der Waals surface area contributed by atoms with Gasteiger partial charge in [-0.05, 0) is 12.0 Å². The third-order valence-electron chi connectivity index (χ3n) is 3.60. The van der Waals surface area contributed by atoms with Gasteiger partial charge in [-0.25, -0.2) is 0 Å². The summed E-state index contributed by atoms with van der Waals surface area (Å²) in [7, 11) is 0. The number of rotatable bonds is 7. The molecule has 2 nitrogen and oxygen atoms in total. The van der Waals surface area contributed by atoms with Crippen LogP contribution in [0.3, 0.4) is 0 Å². The molecule has 0 aliphatic heterocycles. The van der Waals surface area contributed by atoms with Crippen LogP contribution in [0.5, 0.6) is 0 Å². The lowest BCUT2D eigenvalue weighted by molar-refractivity contribution is -0.110. The molecule has 0 aromatic rings. The molecule has 0 heterocycles. The third kappa shape index (κ3) is 3.81. The van der Waals surface area contributed by atoms with Gasteiger partial charge in [0.25, 0.3) is 0 Å². The highest BCUT2D eigenvalue weighted by Gasteiger charge is 2.36. The average molecular weight is 250 g/mol. The fourth-order valence-corrected chi connectivity index (χ4v) is 2.40. The first-order chi connectivity index (χ1) is 8.53. The fourth-order valence-electron chi connectivity index (χ4n) is 2.40. The second-order valence-electron chi connectivity index (χ2n) is 5.73. The van der Waals surface area contributed by atoms with Crippen molar-refractivity contribution in [3.63, 3.8) is 0 Å². The van der Waals surface area contributed by atoms with Gasteiger partial charge in [0, 0.05) is 12.0 Å². The third-order valence-corrected chi connectivity index (χ3v) is 3.60. The monoisotopic (exact) mass is 250 g/mol. The van der Waals surface area contributed by atoms with Crippen LogP contribution in [0.2, 0.25) is 0 Å². The molecule has 2 atom stereocenters. The zero-order chi connectivity index (χ0) is 13.6. The van der Waals surface area contributed by atoms with Crippen molar-refractivity contribution < 1.29 is 9.53 Å². The quantitative estimate of drug-likeness (QED) is 0.389. The van der Waals surface area contributed by atoms with Crippen LogP contribution in [0.15, 0.2) is 24.3 Å². The Balaban J connectivity index is 2.53. The molecule has 0 aromatic carbocycles. The van der Waals surface area contributed by atoms with Crippen molar-refractivity contribution in [2.24, 2.45) is 11.3 Å². The predicted molar refractivity (Wildman–Crippen MR) is 75.5 cm³/mol. The number of allylic oxidation sites excluding steroid dienone is 1. The van der Waals surface area contributed by atoms with Crippen LogP contribution in [0.25, 0.3) is 0 Å². The Kier molecular flexibility index (Phi) is 5.80. The summed E-state index contributed by atoms with van der Waals surface area (Å²) < 4.78 is 5.98. The summed E-state index contributed by atoms with van der Waals surface area (Å²) >= 11 is 0. The van der Waals surface area contributed by atoms with Crippen molar-refractivity contribution in [2.75, 3.05) is 6.61 Å². The Morgan fingerprint density at radius 1 is 1.39 bits per heavy atom. The highest BCUT2D eigenvalue weighted by Crippen LogP contribution is 2.37. The first-order valence-electron chi connectivity index (χ1n) is 6.98. The molecule has 2 heteroatoms. The van der Waals surface area contributed by atoms with Crippen molar-refractivity contribution >= 4 is 6.29 Å². The molecule has 0 amide bonds. The van der Waals surface area contributed by atoms with Gasteiger partial charge in [0.1, 0.15) is 6.29 Å². The van der Waals surface area contributed by atoms with Crippen LogP contribution in [-0.4, -0.2) is 19.0 Å². The Bertz CT molecular complexity index is 315. The molecular weight excluding hydrogens is 224 g/mol. The van der Waals surface area contributed by atoms with Crippen LogP contribution < -0.4 is 0 Å². The smallest absolute Gasteiger partial charge is 0.130 e. The number of aldehydes is 1. The van der Waals surface area contributed by atoms with E-state index in [1.165, 1.54) is 19.3 Å². The van der Waals surface area contributed by atoms with Crippen LogP contribution in [0.1, 0.15) is 46.5 Å². The molecule has 0 fully saturated rings. The summed E-state index contributed by atoms with van der Waals surface area (Å²) in [4.78, 5) is 11.0. The van der Waals surface area contributed by atoms with E-state index in [1.54, 1.807) is 0 Å². The van der Waals surface area contributed by atoms with E-state index in [0.29, 0.717) is 0 Å². The first kappa shape index (κ1) is 15.2. The molecule has 102 valence electrons. The number of ether oxygens (including phenoxy) is 1. The standard InChI is InChI=1S/C16H26O2/c1-5-6-7-8-11-18-15-13(2)14(12-17)9-10-16(15,3)4/h9-10,12,14-15H,2,5-8,11H2,1,3-4H3. The first-order valence-corrected chi connectivity index (χ1v) is 6.98. The van der Waals surface area contributed by atoms with E-state index < -0.39 is 0 Å². The van der Waals surface area contributed by atoms with Crippen LogP contribution >= 0.6 is 0 Å². The van der Waals surface area contributed by atoms with E-state index in [2.05, 4.69) is 33.4 Å². The maximum atomic E-state index is 11.0. The molecule has 1 aliphatic carbocycles. The molecule has 1 rings (SSSR count). The van der Waals surface area contributed by atoms with E-state index in [0.717, 1.165) is 24.9 Å². The lowest BCUT2D eigenvalue weighted by atomic mass is 9.74. The van der Waals surface area contributed by atoms with E-state index in [9.17, 15) is 4.79 Å². The van der Waals surface area contributed by atoms with Crippen LogP contribution in [0, 0.1) is 11.3 Å². The van der Waals surface area contributed by atoms with Crippen LogP contribution in [-0.2, 0) is 9.53 Å². The molecule has 1 aliphatic rings. The van der Waals surface area contributed by atoms with Crippen molar-refractivity contribution in [3.05, 3.63) is 24.3 Å². The maximum absolute atomic E-state index is 11.0. The molecule has 0 radical (unpaired) electrons. The summed E-state index contributed by atoms with van der Waals surface area (Å²) in [6.45, 7) is 11.3. The summed E-state index contributed by atoms with van der Waals surface area (Å²) in [6, 6.07) is 0. The SMILES string of the molecule is C=C1C(C=O)C=CC(C)(C)C1OCCCCCC. The highest BCUT2D eigenvalue weighted by molar-refractivity contribution is 5.63. The van der Waals surface area contributed by atoms with E-state index in [4.69, 9.17) is 4.74 Å². The molecule has 0 saturated carbocycles. The molecular formula is C16H26O2. The lowest BCUT2D eigenvalue weighted by Gasteiger charge is -2.38. The van der Waals surface area contributed by atoms with Gasteiger partial charge in [-0.2, -0.15) is 0 Å². The molecule has 0 saturated heterocycles. The van der Waals surface area contributed by atoms with E-state index >= 15 is 0 Å². The van der Waals surface area contributed by atoms with Gasteiger partial charge in [0.2, 0.25) is 0 Å². The Morgan fingerprint density at radius 3 is 2.72 bits per heavy atom. The summed E-state index contributed by atoms with van der Waals surface area (Å²) in [5, 5.41) is 0. The Morgan fingerprint density at radius 2 is 2.11 bits per heavy atom. The predicted octanol–water partition coefficient (Wildman–Crippen LogP) is 3.92. The van der Waals surface area contributed by atoms with E-state index in [-0.39, 0.29) is 17.4 Å². The minimum absolute atomic E-state index is 0.0423. The lowest BCUT2D eigenvalue weighted by Crippen LogP contribution is -2.37. The van der Waals surface area contributed by atoms with Crippen molar-refractivity contribution in [2.45, 2.75) is 52.6 Å². The summed E-state index contributed by atoms with van der Waals surface area (Å²) in [5.74, 6) is -0.182. The minimum atomic E-state index is -0.182. The summed E-state index contributed by atoms with van der Waals surface area (Å²) in [6.07, 6.45) is 9.71. The molecule has 0 aromatic heterocycles. The summed E-state index contributed by atoms with van der Waals surface area (Å²) in [5.41, 5.74) is 0.828. The second-order valence-corrected chi connectivity index (χ2v) is 5.73. The van der Waals surface area contributed by atoms with Gasteiger partial charge in [-0.1, -0.05) is 58.8 Å². The number of carbonyl (C=O) groups excluding carboxylic acids is 1. The fraction of sp³-hybridized carbons (Fsp3) is 0.688. The Labute approximate surface area is 111 Å². The molecule has 18 heavy (non-hydrogen) atoms. The zero-order valence-corrected chi connectivity index (χ0v) is 11.9. The molecule has 2 unspecified atom stereocenters. The molecule has 0 N–H and O–H groups in total. The van der Waals surface area contributed by atoms with Crippen molar-refractivity contribution in [1.82, 2.24) is 0 Å². The van der Waals surface area contributed by atoms with Gasteiger partial charge in [-0.3, -0.25) is 0 Å². The average Bonchev–Trinajstić information content (AvgIpc) is 2.32. The van der Waals surface area contributed by atoms with Gasteiger partial charge in [-0.15, -0.1) is 0 Å². The van der Waals surface area contributed by atoms with Gasteiger partial charge >= 0.3 is 0 Å². The Hall–Kier alpha value is -0.890. The zero-order valence-electron chi connectivity index (χ0n) is 11.9. The second kappa shape index (κ2) is 6.89. The largest absolute Gasteiger partial charge is 0.373 e. The van der Waals surface area contributed by atoms with Gasteiger partial charge < -0.3 is 9.53 Å². The van der Waals surface area contributed by atoms with Crippen molar-refractivity contribution in [1.29, 1.82) is 0 Å². The van der Waals surface area contributed by atoms with E-state index in [1.807, 2.05) is 6.08 Å². The van der Waals surface area contributed by atoms with Gasteiger partial charge in [0.15, 0.2) is 0 Å². The van der Waals surface area contributed by atoms with Crippen LogP contribution in [0.4, 0.5) is 0 Å². The molecule has 0 spiro atoms. The molecule has 0 bridgehead atoms. The maximum Gasteiger partial charge on any atom is 0.130 e. The number of hydrogen-bond acceptors (Lipinski definition) is 2. The number of hydrogen-bond donors (Lipinski definition) is 0. The number of carbonyl (C=O) groups is 1. The van der Waals surface area contributed by atoms with Crippen molar-refractivity contribution in [3.8, 4) is 0 Å². The normalized spacial score (nSPS) is 26.3. The highest BCUT2D eigenvalue weighted by atomic mass is 16.5. The van der Waals surface area contributed by atoms with Gasteiger partial charge in [0.05, 0.1) is 12.0 Å². The number of unbranched alkanes of at least 4 members (excludes halogenated alkanes) is 3. The topological polar surface area (TPSA) is 26.3 Å². The minimum Gasteiger partial charge on any atom is -0.373 e.